The maximum absolute atomic E-state index is 11.0. The summed E-state index contributed by atoms with van der Waals surface area (Å²) in [4.78, 5) is 11.0. The molecule has 4 heteroatoms. The molecule has 0 spiro atoms. The molecule has 0 fully saturated rings. The van der Waals surface area contributed by atoms with E-state index in [0.29, 0.717) is 23.4 Å². The van der Waals surface area contributed by atoms with Crippen LogP contribution in [0, 0.1) is 23.2 Å². The molecule has 0 bridgehead atoms. The number of nitrogens with zero attached hydrogens (tertiary/aromatic N) is 1. The van der Waals surface area contributed by atoms with Gasteiger partial charge in [-0.3, -0.25) is 4.79 Å². The first kappa shape index (κ1) is 12.6. The zero-order valence-electron chi connectivity index (χ0n) is 9.49. The molecule has 0 radical (unpaired) electrons. The van der Waals surface area contributed by atoms with Crippen LogP contribution >= 0.6 is 0 Å². The average molecular weight is 228 g/mol. The van der Waals surface area contributed by atoms with Crippen LogP contribution in [0.15, 0.2) is 18.2 Å². The number of ether oxygens (including phenoxy) is 1. The highest BCUT2D eigenvalue weighted by Crippen LogP contribution is 2.12. The van der Waals surface area contributed by atoms with Gasteiger partial charge < -0.3 is 10.5 Å². The number of nitrogens with two attached hydrogens (primary N) is 1. The molecule has 4 nitrogen and oxygen atoms in total. The van der Waals surface area contributed by atoms with Gasteiger partial charge in [-0.05, 0) is 25.1 Å². The number of hydrogen-bond donors (Lipinski definition) is 1. The molecule has 17 heavy (non-hydrogen) atoms. The summed E-state index contributed by atoms with van der Waals surface area (Å²) in [5.41, 5.74) is 7.10. The number of carbonyl (C=O) groups excluding carboxylic acids is 1. The minimum absolute atomic E-state index is 0.0494. The SMILES string of the molecule is CCOC(=O)CC#Cc1ccc(C#N)c(N)c1. The van der Waals surface area contributed by atoms with E-state index in [1.165, 1.54) is 0 Å². The van der Waals surface area contributed by atoms with Crippen LogP contribution in [0.25, 0.3) is 0 Å². The minimum Gasteiger partial charge on any atom is -0.465 e. The fourth-order valence-corrected chi connectivity index (χ4v) is 1.17. The van der Waals surface area contributed by atoms with Gasteiger partial charge >= 0.3 is 5.97 Å². The van der Waals surface area contributed by atoms with Crippen molar-refractivity contribution in [2.24, 2.45) is 0 Å². The van der Waals surface area contributed by atoms with Crippen molar-refractivity contribution in [2.45, 2.75) is 13.3 Å². The molecule has 1 aromatic rings. The Bertz CT molecular complexity index is 518. The number of benzene rings is 1. The Hall–Kier alpha value is -2.46. The van der Waals surface area contributed by atoms with E-state index in [1.54, 1.807) is 25.1 Å². The van der Waals surface area contributed by atoms with Gasteiger partial charge in [-0.2, -0.15) is 5.26 Å². The first-order valence-corrected chi connectivity index (χ1v) is 5.11. The molecular formula is C13H12N2O2. The maximum Gasteiger partial charge on any atom is 0.317 e. The van der Waals surface area contributed by atoms with E-state index in [-0.39, 0.29) is 12.4 Å². The van der Waals surface area contributed by atoms with Crippen LogP contribution in [0.5, 0.6) is 0 Å². The van der Waals surface area contributed by atoms with E-state index in [0.717, 1.165) is 0 Å². The molecule has 0 amide bonds. The lowest BCUT2D eigenvalue weighted by Crippen LogP contribution is -2.01. The zero-order chi connectivity index (χ0) is 12.7. The lowest BCUT2D eigenvalue weighted by Gasteiger charge is -1.97. The Morgan fingerprint density at radius 2 is 2.29 bits per heavy atom. The van der Waals surface area contributed by atoms with Crippen LogP contribution in [-0.2, 0) is 9.53 Å². The predicted octanol–water partition coefficient (Wildman–Crippen LogP) is 1.45. The smallest absolute Gasteiger partial charge is 0.317 e. The fraction of sp³-hybridized carbons (Fsp3) is 0.231. The molecule has 0 heterocycles. The Morgan fingerprint density at radius 1 is 1.53 bits per heavy atom. The van der Waals surface area contributed by atoms with Gasteiger partial charge in [0, 0.05) is 5.56 Å². The van der Waals surface area contributed by atoms with Gasteiger partial charge in [-0.1, -0.05) is 11.8 Å². The first-order chi connectivity index (χ1) is 8.17. The number of rotatable bonds is 2. The van der Waals surface area contributed by atoms with Gasteiger partial charge in [0.1, 0.15) is 12.5 Å². The van der Waals surface area contributed by atoms with Crippen molar-refractivity contribution in [3.63, 3.8) is 0 Å². The van der Waals surface area contributed by atoms with Gasteiger partial charge in [0.25, 0.3) is 0 Å². The summed E-state index contributed by atoms with van der Waals surface area (Å²) in [5, 5.41) is 8.69. The number of carbonyl (C=O) groups is 1. The molecular weight excluding hydrogens is 216 g/mol. The molecule has 2 N–H and O–H groups in total. The average Bonchev–Trinajstić information content (AvgIpc) is 2.29. The molecule has 0 atom stereocenters. The molecule has 0 aliphatic heterocycles. The molecule has 86 valence electrons. The monoisotopic (exact) mass is 228 g/mol. The summed E-state index contributed by atoms with van der Waals surface area (Å²) in [6.45, 7) is 2.09. The Morgan fingerprint density at radius 3 is 2.88 bits per heavy atom. The largest absolute Gasteiger partial charge is 0.465 e. The van der Waals surface area contributed by atoms with E-state index < -0.39 is 0 Å². The number of nitriles is 1. The van der Waals surface area contributed by atoms with E-state index in [4.69, 9.17) is 15.7 Å². The van der Waals surface area contributed by atoms with Crippen molar-refractivity contribution in [1.82, 2.24) is 0 Å². The van der Waals surface area contributed by atoms with Crippen LogP contribution in [0.3, 0.4) is 0 Å². The normalized spacial score (nSPS) is 8.71. The van der Waals surface area contributed by atoms with Crippen LogP contribution < -0.4 is 5.73 Å². The molecule has 0 aliphatic rings. The summed E-state index contributed by atoms with van der Waals surface area (Å²) < 4.78 is 4.73. The zero-order valence-corrected chi connectivity index (χ0v) is 9.49. The Labute approximate surface area is 100.0 Å². The molecule has 1 rings (SSSR count). The van der Waals surface area contributed by atoms with Crippen LogP contribution in [-0.4, -0.2) is 12.6 Å². The second-order valence-corrected chi connectivity index (χ2v) is 3.20. The maximum atomic E-state index is 11.0. The third-order valence-corrected chi connectivity index (χ3v) is 1.94. The Kier molecular flexibility index (Phi) is 4.59. The third-order valence-electron chi connectivity index (χ3n) is 1.94. The second kappa shape index (κ2) is 6.19. The lowest BCUT2D eigenvalue weighted by molar-refractivity contribution is -0.141. The van der Waals surface area contributed by atoms with Crippen molar-refractivity contribution in [3.8, 4) is 17.9 Å². The highest BCUT2D eigenvalue weighted by molar-refractivity contribution is 5.72. The lowest BCUT2D eigenvalue weighted by atomic mass is 10.1. The molecule has 0 saturated carbocycles. The fourth-order valence-electron chi connectivity index (χ4n) is 1.17. The van der Waals surface area contributed by atoms with E-state index >= 15 is 0 Å². The van der Waals surface area contributed by atoms with Gasteiger partial charge in [-0.15, -0.1) is 0 Å². The van der Waals surface area contributed by atoms with Crippen LogP contribution in [0.4, 0.5) is 5.69 Å². The number of esters is 1. The van der Waals surface area contributed by atoms with Gasteiger partial charge in [-0.25, -0.2) is 0 Å². The summed E-state index contributed by atoms with van der Waals surface area (Å²) in [6, 6.07) is 6.86. The third kappa shape index (κ3) is 3.89. The molecule has 0 aliphatic carbocycles. The van der Waals surface area contributed by atoms with Crippen molar-refractivity contribution in [3.05, 3.63) is 29.3 Å². The predicted molar refractivity (Wildman–Crippen MR) is 63.7 cm³/mol. The van der Waals surface area contributed by atoms with Crippen molar-refractivity contribution >= 4 is 11.7 Å². The van der Waals surface area contributed by atoms with Gasteiger partial charge in [0.15, 0.2) is 0 Å². The highest BCUT2D eigenvalue weighted by atomic mass is 16.5. The van der Waals surface area contributed by atoms with Gasteiger partial charge in [0.2, 0.25) is 0 Å². The van der Waals surface area contributed by atoms with E-state index in [1.807, 2.05) is 6.07 Å². The number of nitrogen functional groups attached to an aromatic ring is 1. The molecule has 0 aromatic heterocycles. The van der Waals surface area contributed by atoms with Gasteiger partial charge in [0.05, 0.1) is 17.9 Å². The number of hydrogen-bond acceptors (Lipinski definition) is 4. The standard InChI is InChI=1S/C13H12N2O2/c1-2-17-13(16)5-3-4-10-6-7-11(9-14)12(15)8-10/h6-8H,2,5,15H2,1H3. The van der Waals surface area contributed by atoms with Crippen molar-refractivity contribution in [1.29, 1.82) is 5.26 Å². The van der Waals surface area contributed by atoms with Crippen molar-refractivity contribution in [2.75, 3.05) is 12.3 Å². The molecule has 0 saturated heterocycles. The highest BCUT2D eigenvalue weighted by Gasteiger charge is 1.98. The number of anilines is 1. The quantitative estimate of drug-likeness (QED) is 0.472. The van der Waals surface area contributed by atoms with Crippen molar-refractivity contribution < 1.29 is 9.53 Å². The summed E-state index contributed by atoms with van der Waals surface area (Å²) >= 11 is 0. The minimum atomic E-state index is -0.346. The molecule has 0 unspecified atom stereocenters. The topological polar surface area (TPSA) is 76.1 Å². The Balaban J connectivity index is 2.70. The summed E-state index contributed by atoms with van der Waals surface area (Å²) in [5.74, 6) is 5.13. The summed E-state index contributed by atoms with van der Waals surface area (Å²) in [7, 11) is 0. The summed E-state index contributed by atoms with van der Waals surface area (Å²) in [6.07, 6.45) is 0.0494. The van der Waals surface area contributed by atoms with E-state index in [2.05, 4.69) is 11.8 Å². The first-order valence-electron chi connectivity index (χ1n) is 5.11. The van der Waals surface area contributed by atoms with Crippen LogP contribution in [0.2, 0.25) is 0 Å². The second-order valence-electron chi connectivity index (χ2n) is 3.20. The molecule has 1 aromatic carbocycles. The van der Waals surface area contributed by atoms with Crippen LogP contribution in [0.1, 0.15) is 24.5 Å². The van der Waals surface area contributed by atoms with E-state index in [9.17, 15) is 4.79 Å².